The normalized spacial score (nSPS) is 12.0. The van der Waals surface area contributed by atoms with Crippen LogP contribution in [0.5, 0.6) is 0 Å². The zero-order chi connectivity index (χ0) is 21.2. The predicted molar refractivity (Wildman–Crippen MR) is 110 cm³/mol. The molecule has 0 unspecified atom stereocenters. The first-order valence-electron chi connectivity index (χ1n) is 10.1. The summed E-state index contributed by atoms with van der Waals surface area (Å²) in [6.07, 6.45) is 3.67. The van der Waals surface area contributed by atoms with Crippen LogP contribution in [-0.4, -0.2) is 24.2 Å². The van der Waals surface area contributed by atoms with Gasteiger partial charge >= 0.3 is 0 Å². The molecule has 0 radical (unpaired) electrons. The molecule has 4 nitrogen and oxygen atoms in total. The van der Waals surface area contributed by atoms with Gasteiger partial charge in [0.25, 0.3) is 0 Å². The van der Waals surface area contributed by atoms with Gasteiger partial charge in [0.2, 0.25) is 5.91 Å². The molecule has 2 rings (SSSR count). The molecule has 0 bridgehead atoms. The Labute approximate surface area is 171 Å². The molecule has 0 aliphatic heterocycles. The third-order valence-corrected chi connectivity index (χ3v) is 5.12. The minimum atomic E-state index is -0.408. The standard InChI is InChI=1S/C23H30F2N2O2/c1-16-13-19(14-17(2)22(16)25)15-20(23(28)27-29)5-3-4-11-26-12-10-18-6-8-21(24)9-7-18/h6-9,13-14,20,26,29H,3-5,10-12,15H2,1-2H3,(H,27,28)/t20-/m0/s1. The molecule has 0 saturated carbocycles. The molecule has 3 N–H and O–H groups in total. The summed E-state index contributed by atoms with van der Waals surface area (Å²) < 4.78 is 26.7. The number of hydrogen-bond donors (Lipinski definition) is 3. The molecule has 158 valence electrons. The van der Waals surface area contributed by atoms with E-state index in [2.05, 4.69) is 5.32 Å². The smallest absolute Gasteiger partial charge is 0.246 e. The Bertz CT molecular complexity index is 771. The third-order valence-electron chi connectivity index (χ3n) is 5.12. The van der Waals surface area contributed by atoms with E-state index in [1.807, 2.05) is 0 Å². The lowest BCUT2D eigenvalue weighted by Crippen LogP contribution is -2.29. The Morgan fingerprint density at radius 1 is 1.00 bits per heavy atom. The average molecular weight is 405 g/mol. The number of hydrogen-bond acceptors (Lipinski definition) is 3. The van der Waals surface area contributed by atoms with Crippen molar-refractivity contribution in [2.45, 2.75) is 46.0 Å². The summed E-state index contributed by atoms with van der Waals surface area (Å²) in [6.45, 7) is 5.05. The first-order chi connectivity index (χ1) is 13.9. The molecule has 2 aromatic rings. The summed E-state index contributed by atoms with van der Waals surface area (Å²) >= 11 is 0. The van der Waals surface area contributed by atoms with Crippen molar-refractivity contribution >= 4 is 5.91 Å². The van der Waals surface area contributed by atoms with Crippen LogP contribution in [0.3, 0.4) is 0 Å². The van der Waals surface area contributed by atoms with Gasteiger partial charge in [-0.3, -0.25) is 10.0 Å². The van der Waals surface area contributed by atoms with Crippen LogP contribution in [0, 0.1) is 31.4 Å². The van der Waals surface area contributed by atoms with Gasteiger partial charge in [-0.25, -0.2) is 14.3 Å². The number of hydroxylamine groups is 1. The largest absolute Gasteiger partial charge is 0.316 e. The maximum Gasteiger partial charge on any atom is 0.246 e. The van der Waals surface area contributed by atoms with Gasteiger partial charge in [-0.2, -0.15) is 0 Å². The van der Waals surface area contributed by atoms with Crippen LogP contribution < -0.4 is 10.8 Å². The Kier molecular flexibility index (Phi) is 9.22. The topological polar surface area (TPSA) is 61.4 Å². The Balaban J connectivity index is 1.73. The Morgan fingerprint density at radius 2 is 1.66 bits per heavy atom. The summed E-state index contributed by atoms with van der Waals surface area (Å²) in [7, 11) is 0. The van der Waals surface area contributed by atoms with Crippen molar-refractivity contribution in [1.82, 2.24) is 10.8 Å². The Hall–Kier alpha value is -2.31. The van der Waals surface area contributed by atoms with E-state index in [0.29, 0.717) is 24.0 Å². The summed E-state index contributed by atoms with van der Waals surface area (Å²) in [5.41, 5.74) is 4.86. The molecule has 1 atom stereocenters. The van der Waals surface area contributed by atoms with Crippen molar-refractivity contribution in [2.75, 3.05) is 13.1 Å². The monoisotopic (exact) mass is 404 g/mol. The number of halogens is 2. The SMILES string of the molecule is Cc1cc(C[C@H](CCCCNCCc2ccc(F)cc2)C(=O)NO)cc(C)c1F. The molecule has 0 heterocycles. The number of aryl methyl sites for hydroxylation is 2. The quantitative estimate of drug-likeness (QED) is 0.298. The lowest BCUT2D eigenvalue weighted by molar-refractivity contribution is -0.133. The van der Waals surface area contributed by atoms with Gasteiger partial charge in [0, 0.05) is 5.92 Å². The van der Waals surface area contributed by atoms with Gasteiger partial charge in [0.05, 0.1) is 0 Å². The van der Waals surface area contributed by atoms with Gasteiger partial charge in [-0.15, -0.1) is 0 Å². The highest BCUT2D eigenvalue weighted by molar-refractivity contribution is 5.77. The second-order valence-corrected chi connectivity index (χ2v) is 7.54. The molecule has 6 heteroatoms. The van der Waals surface area contributed by atoms with Crippen LogP contribution in [0.2, 0.25) is 0 Å². The van der Waals surface area contributed by atoms with Crippen molar-refractivity contribution < 1.29 is 18.8 Å². The molecular weight excluding hydrogens is 374 g/mol. The van der Waals surface area contributed by atoms with Crippen LogP contribution in [0.1, 0.15) is 41.5 Å². The zero-order valence-corrected chi connectivity index (χ0v) is 17.1. The van der Waals surface area contributed by atoms with Crippen LogP contribution in [0.15, 0.2) is 36.4 Å². The number of benzene rings is 2. The minimum Gasteiger partial charge on any atom is -0.316 e. The highest BCUT2D eigenvalue weighted by atomic mass is 19.1. The van der Waals surface area contributed by atoms with Gasteiger partial charge < -0.3 is 5.32 Å². The molecule has 0 spiro atoms. The molecule has 0 aliphatic rings. The highest BCUT2D eigenvalue weighted by Crippen LogP contribution is 2.20. The fraction of sp³-hybridized carbons (Fsp3) is 0.435. The lowest BCUT2D eigenvalue weighted by atomic mass is 9.91. The van der Waals surface area contributed by atoms with E-state index >= 15 is 0 Å². The van der Waals surface area contributed by atoms with Crippen molar-refractivity contribution in [2.24, 2.45) is 5.92 Å². The number of rotatable bonds is 11. The zero-order valence-electron chi connectivity index (χ0n) is 17.1. The maximum atomic E-state index is 13.8. The van der Waals surface area contributed by atoms with Crippen LogP contribution in [0.4, 0.5) is 8.78 Å². The van der Waals surface area contributed by atoms with E-state index in [1.54, 1.807) is 43.6 Å². The number of carbonyl (C=O) groups excluding carboxylic acids is 1. The Morgan fingerprint density at radius 3 is 2.28 bits per heavy atom. The molecular formula is C23H30F2N2O2. The van der Waals surface area contributed by atoms with Crippen molar-refractivity contribution in [3.05, 3.63) is 70.3 Å². The minimum absolute atomic E-state index is 0.219. The van der Waals surface area contributed by atoms with Gasteiger partial charge in [0.1, 0.15) is 11.6 Å². The van der Waals surface area contributed by atoms with E-state index in [0.717, 1.165) is 43.5 Å². The summed E-state index contributed by atoms with van der Waals surface area (Å²) in [4.78, 5) is 12.0. The van der Waals surface area contributed by atoms with E-state index in [9.17, 15) is 13.6 Å². The summed E-state index contributed by atoms with van der Waals surface area (Å²) in [6, 6.07) is 10.0. The predicted octanol–water partition coefficient (Wildman–Crippen LogP) is 4.25. The molecule has 2 aromatic carbocycles. The van der Waals surface area contributed by atoms with E-state index in [1.165, 1.54) is 12.1 Å². The lowest BCUT2D eigenvalue weighted by Gasteiger charge is -2.16. The maximum absolute atomic E-state index is 13.8. The van der Waals surface area contributed by atoms with Gasteiger partial charge in [-0.05, 0) is 87.0 Å². The van der Waals surface area contributed by atoms with Crippen LogP contribution in [-0.2, 0) is 17.6 Å². The fourth-order valence-corrected chi connectivity index (χ4v) is 3.50. The second-order valence-electron chi connectivity index (χ2n) is 7.54. The van der Waals surface area contributed by atoms with Crippen molar-refractivity contribution in [3.8, 4) is 0 Å². The molecule has 0 aromatic heterocycles. The molecule has 1 amide bonds. The van der Waals surface area contributed by atoms with E-state index in [4.69, 9.17) is 5.21 Å². The summed E-state index contributed by atoms with van der Waals surface area (Å²) in [5, 5.41) is 12.4. The molecule has 0 fully saturated rings. The number of unbranched alkanes of at least 4 members (excludes halogenated alkanes) is 1. The second kappa shape index (κ2) is 11.6. The van der Waals surface area contributed by atoms with E-state index < -0.39 is 5.91 Å². The van der Waals surface area contributed by atoms with Gasteiger partial charge in [-0.1, -0.05) is 30.7 Å². The third kappa shape index (κ3) is 7.55. The van der Waals surface area contributed by atoms with Crippen LogP contribution in [0.25, 0.3) is 0 Å². The van der Waals surface area contributed by atoms with E-state index in [-0.39, 0.29) is 17.6 Å². The molecule has 0 aliphatic carbocycles. The number of amides is 1. The number of carbonyl (C=O) groups is 1. The average Bonchev–Trinajstić information content (AvgIpc) is 2.71. The first-order valence-corrected chi connectivity index (χ1v) is 10.1. The van der Waals surface area contributed by atoms with Crippen molar-refractivity contribution in [3.63, 3.8) is 0 Å². The number of nitrogens with one attached hydrogen (secondary N) is 2. The van der Waals surface area contributed by atoms with Crippen LogP contribution >= 0.6 is 0 Å². The first kappa shape index (κ1) is 23.0. The summed E-state index contributed by atoms with van der Waals surface area (Å²) in [5.74, 6) is -1.21. The molecule has 29 heavy (non-hydrogen) atoms. The van der Waals surface area contributed by atoms with Gasteiger partial charge in [0.15, 0.2) is 0 Å². The molecule has 0 saturated heterocycles. The highest BCUT2D eigenvalue weighted by Gasteiger charge is 2.19. The fourth-order valence-electron chi connectivity index (χ4n) is 3.50. The van der Waals surface area contributed by atoms with Crippen molar-refractivity contribution in [1.29, 1.82) is 0 Å².